The van der Waals surface area contributed by atoms with Crippen molar-refractivity contribution in [3.8, 4) is 0 Å². The molecular weight excluding hydrogens is 298 g/mol. The Labute approximate surface area is 134 Å². The largest absolute Gasteiger partial charge is 0.448 e. The van der Waals surface area contributed by atoms with Gasteiger partial charge in [0, 0.05) is 18.5 Å². The summed E-state index contributed by atoms with van der Waals surface area (Å²) in [6.45, 7) is 5.34. The van der Waals surface area contributed by atoms with Crippen LogP contribution in [0.4, 0.5) is 5.69 Å². The number of esters is 1. The van der Waals surface area contributed by atoms with Crippen molar-refractivity contribution < 1.29 is 19.1 Å². The Kier molecular flexibility index (Phi) is 5.10. The highest BCUT2D eigenvalue weighted by Crippen LogP contribution is 2.16. The smallest absolute Gasteiger partial charge is 0.355 e. The molecule has 122 valence electrons. The highest BCUT2D eigenvalue weighted by molar-refractivity contribution is 6.37. The van der Waals surface area contributed by atoms with Crippen molar-refractivity contribution in [1.29, 1.82) is 0 Å². The molecule has 1 aliphatic rings. The second kappa shape index (κ2) is 7.04. The molecule has 1 aromatic carbocycles. The minimum absolute atomic E-state index is 0.107. The zero-order chi connectivity index (χ0) is 17.0. The Morgan fingerprint density at radius 3 is 2.65 bits per heavy atom. The number of hydrogen-bond acceptors (Lipinski definition) is 5. The van der Waals surface area contributed by atoms with Gasteiger partial charge in [-0.3, -0.25) is 9.59 Å². The molecule has 7 heteroatoms. The van der Waals surface area contributed by atoms with E-state index in [1.165, 1.54) is 6.92 Å². The first kappa shape index (κ1) is 16.7. The second-order valence-electron chi connectivity index (χ2n) is 5.45. The van der Waals surface area contributed by atoms with Crippen LogP contribution in [0.15, 0.2) is 23.3 Å². The van der Waals surface area contributed by atoms with Gasteiger partial charge in [0.15, 0.2) is 6.10 Å². The van der Waals surface area contributed by atoms with Crippen molar-refractivity contribution in [1.82, 2.24) is 5.43 Å². The van der Waals surface area contributed by atoms with Crippen LogP contribution < -0.4 is 10.7 Å². The molecule has 23 heavy (non-hydrogen) atoms. The van der Waals surface area contributed by atoms with Crippen molar-refractivity contribution in [2.75, 3.05) is 5.32 Å². The Morgan fingerprint density at radius 2 is 2.04 bits per heavy atom. The fourth-order valence-corrected chi connectivity index (χ4v) is 2.09. The monoisotopic (exact) mass is 317 g/mol. The number of nitrogens with zero attached hydrogens (tertiary/aromatic N) is 1. The molecule has 1 aliphatic heterocycles. The topological polar surface area (TPSA) is 96.9 Å². The third-order valence-electron chi connectivity index (χ3n) is 3.43. The molecule has 0 bridgehead atoms. The van der Waals surface area contributed by atoms with Gasteiger partial charge in [-0.1, -0.05) is 17.7 Å². The van der Waals surface area contributed by atoms with Crippen molar-refractivity contribution in [2.24, 2.45) is 5.10 Å². The molecular formula is C16H19N3O4. The Bertz CT molecular complexity index is 682. The molecule has 0 aromatic heterocycles. The van der Waals surface area contributed by atoms with Gasteiger partial charge < -0.3 is 10.1 Å². The molecule has 0 saturated carbocycles. The van der Waals surface area contributed by atoms with E-state index in [-0.39, 0.29) is 24.5 Å². The minimum atomic E-state index is -0.969. The van der Waals surface area contributed by atoms with Gasteiger partial charge in [-0.15, -0.1) is 0 Å². The lowest BCUT2D eigenvalue weighted by molar-refractivity contribution is -0.146. The van der Waals surface area contributed by atoms with Gasteiger partial charge in [-0.25, -0.2) is 10.2 Å². The summed E-state index contributed by atoms with van der Waals surface area (Å²) in [5, 5.41) is 6.37. The van der Waals surface area contributed by atoms with Crippen LogP contribution in [-0.4, -0.2) is 29.6 Å². The molecule has 1 atom stereocenters. The number of carbonyl (C=O) groups excluding carboxylic acids is 3. The van der Waals surface area contributed by atoms with Crippen molar-refractivity contribution in [3.63, 3.8) is 0 Å². The Balaban J connectivity index is 1.94. The lowest BCUT2D eigenvalue weighted by Crippen LogP contribution is -2.35. The van der Waals surface area contributed by atoms with Gasteiger partial charge in [0.1, 0.15) is 5.71 Å². The number of carbonyl (C=O) groups is 3. The zero-order valence-electron chi connectivity index (χ0n) is 13.3. The second-order valence-corrected chi connectivity index (χ2v) is 5.45. The predicted molar refractivity (Wildman–Crippen MR) is 84.9 cm³/mol. The number of anilines is 1. The summed E-state index contributed by atoms with van der Waals surface area (Å²) in [6, 6.07) is 5.64. The summed E-state index contributed by atoms with van der Waals surface area (Å²) in [4.78, 5) is 35.0. The molecule has 1 aromatic rings. The van der Waals surface area contributed by atoms with Crippen LogP contribution in [0, 0.1) is 13.8 Å². The molecule has 0 fully saturated rings. The first-order chi connectivity index (χ1) is 10.9. The van der Waals surface area contributed by atoms with Gasteiger partial charge in [-0.05, 0) is 32.4 Å². The van der Waals surface area contributed by atoms with Gasteiger partial charge in [0.25, 0.3) is 5.91 Å². The van der Waals surface area contributed by atoms with E-state index in [9.17, 15) is 14.4 Å². The fraction of sp³-hybridized carbons (Fsp3) is 0.375. The average Bonchev–Trinajstić information content (AvgIpc) is 2.50. The quantitative estimate of drug-likeness (QED) is 0.821. The van der Waals surface area contributed by atoms with Gasteiger partial charge >= 0.3 is 5.97 Å². The number of amides is 2. The molecule has 2 N–H and O–H groups in total. The van der Waals surface area contributed by atoms with Gasteiger partial charge in [0.2, 0.25) is 5.91 Å². The number of hydrazone groups is 1. The van der Waals surface area contributed by atoms with Gasteiger partial charge in [0.05, 0.1) is 0 Å². The van der Waals surface area contributed by atoms with E-state index in [2.05, 4.69) is 15.8 Å². The highest BCUT2D eigenvalue weighted by Gasteiger charge is 2.24. The molecule has 0 saturated heterocycles. The molecule has 2 rings (SSSR count). The lowest BCUT2D eigenvalue weighted by Gasteiger charge is -2.16. The van der Waals surface area contributed by atoms with Crippen LogP contribution in [0.5, 0.6) is 0 Å². The molecule has 7 nitrogen and oxygen atoms in total. The molecule has 0 radical (unpaired) electrons. The standard InChI is InChI=1S/C16H19N3O4/c1-9-4-5-12(10(2)8-9)17-15(21)11(3)23-16(22)13-6-7-14(20)19-18-13/h4-5,8,11H,6-7H2,1-3H3,(H,17,21)(H,19,20)/t11-/m1/s1. The van der Waals surface area contributed by atoms with Crippen molar-refractivity contribution >= 4 is 29.2 Å². The summed E-state index contributed by atoms with van der Waals surface area (Å²) < 4.78 is 5.09. The number of hydrogen-bond donors (Lipinski definition) is 2. The first-order valence-corrected chi connectivity index (χ1v) is 7.31. The molecule has 0 unspecified atom stereocenters. The van der Waals surface area contributed by atoms with E-state index in [0.29, 0.717) is 5.69 Å². The number of ether oxygens (including phenoxy) is 1. The number of rotatable bonds is 4. The van der Waals surface area contributed by atoms with Crippen molar-refractivity contribution in [2.45, 2.75) is 39.7 Å². The Morgan fingerprint density at radius 1 is 1.30 bits per heavy atom. The molecule has 0 aliphatic carbocycles. The first-order valence-electron chi connectivity index (χ1n) is 7.31. The van der Waals surface area contributed by atoms with Gasteiger partial charge in [-0.2, -0.15) is 5.10 Å². The highest BCUT2D eigenvalue weighted by atomic mass is 16.5. The number of aryl methyl sites for hydroxylation is 2. The maximum absolute atomic E-state index is 12.1. The van der Waals surface area contributed by atoms with Crippen LogP contribution in [-0.2, 0) is 19.1 Å². The summed E-state index contributed by atoms with van der Waals surface area (Å²) in [6.07, 6.45) is -0.587. The van der Waals surface area contributed by atoms with Crippen molar-refractivity contribution in [3.05, 3.63) is 29.3 Å². The number of nitrogens with one attached hydrogen (secondary N) is 2. The van der Waals surface area contributed by atoms with E-state index < -0.39 is 18.0 Å². The van der Waals surface area contributed by atoms with Crippen LogP contribution in [0.25, 0.3) is 0 Å². The summed E-state index contributed by atoms with van der Waals surface area (Å²) >= 11 is 0. The zero-order valence-corrected chi connectivity index (χ0v) is 13.3. The minimum Gasteiger partial charge on any atom is -0.448 e. The maximum Gasteiger partial charge on any atom is 0.355 e. The predicted octanol–water partition coefficient (Wildman–Crippen LogP) is 1.44. The molecule has 2 amide bonds. The third kappa shape index (κ3) is 4.38. The third-order valence-corrected chi connectivity index (χ3v) is 3.43. The summed E-state index contributed by atoms with van der Waals surface area (Å²) in [7, 11) is 0. The van der Waals surface area contributed by atoms with E-state index >= 15 is 0 Å². The molecule has 1 heterocycles. The van der Waals surface area contributed by atoms with Crippen LogP contribution in [0.1, 0.15) is 30.9 Å². The normalized spacial score (nSPS) is 15.3. The summed E-state index contributed by atoms with van der Waals surface area (Å²) in [5.74, 6) is -1.37. The fourth-order valence-electron chi connectivity index (χ4n) is 2.09. The summed E-state index contributed by atoms with van der Waals surface area (Å²) in [5.41, 5.74) is 5.02. The number of benzene rings is 1. The maximum atomic E-state index is 12.1. The van der Waals surface area contributed by atoms with E-state index in [4.69, 9.17) is 4.74 Å². The van der Waals surface area contributed by atoms with E-state index in [1.807, 2.05) is 26.0 Å². The Hall–Kier alpha value is -2.70. The van der Waals surface area contributed by atoms with E-state index in [0.717, 1.165) is 11.1 Å². The molecule has 0 spiro atoms. The van der Waals surface area contributed by atoms with Crippen LogP contribution in [0.2, 0.25) is 0 Å². The van der Waals surface area contributed by atoms with Crippen LogP contribution in [0.3, 0.4) is 0 Å². The lowest BCUT2D eigenvalue weighted by atomic mass is 10.1. The SMILES string of the molecule is Cc1ccc(NC(=O)[C@@H](C)OC(=O)C2=NNC(=O)CC2)c(C)c1. The van der Waals surface area contributed by atoms with Crippen LogP contribution >= 0.6 is 0 Å². The van der Waals surface area contributed by atoms with E-state index in [1.54, 1.807) is 6.07 Å². The average molecular weight is 317 g/mol.